The third-order valence-electron chi connectivity index (χ3n) is 3.80. The van der Waals surface area contributed by atoms with Crippen molar-refractivity contribution < 1.29 is 19.5 Å². The smallest absolute Gasteiger partial charge is 0.352 e. The Morgan fingerprint density at radius 2 is 2.28 bits per heavy atom. The van der Waals surface area contributed by atoms with Crippen LogP contribution in [-0.4, -0.2) is 74.1 Å². The average Bonchev–Trinajstić information content (AvgIpc) is 3.10. The highest BCUT2D eigenvalue weighted by atomic mass is 32.2. The van der Waals surface area contributed by atoms with Crippen LogP contribution in [0.2, 0.25) is 0 Å². The Labute approximate surface area is 157 Å². The van der Waals surface area contributed by atoms with Gasteiger partial charge >= 0.3 is 12.0 Å². The minimum absolute atomic E-state index is 0.0544. The first-order valence-electron chi connectivity index (χ1n) is 7.77. The molecule has 3 aliphatic rings. The second-order valence-corrected chi connectivity index (χ2v) is 8.84. The Bertz CT molecular complexity index is 666. The highest BCUT2D eigenvalue weighted by molar-refractivity contribution is 8.39. The van der Waals surface area contributed by atoms with Gasteiger partial charge in [-0.3, -0.25) is 14.7 Å². The number of nitrogens with one attached hydrogen (secondary N) is 2. The summed E-state index contributed by atoms with van der Waals surface area (Å²) in [6.45, 7) is 3.04. The van der Waals surface area contributed by atoms with E-state index in [9.17, 15) is 19.5 Å². The van der Waals surface area contributed by atoms with Crippen LogP contribution in [0, 0.1) is 0 Å². The Balaban J connectivity index is 1.71. The van der Waals surface area contributed by atoms with Crippen molar-refractivity contribution in [2.75, 3.05) is 30.3 Å². The molecule has 2 atom stereocenters. The molecule has 0 aromatic carbocycles. The van der Waals surface area contributed by atoms with Crippen molar-refractivity contribution in [1.29, 1.82) is 0 Å². The van der Waals surface area contributed by atoms with Gasteiger partial charge < -0.3 is 15.7 Å². The fourth-order valence-corrected chi connectivity index (χ4v) is 6.19. The van der Waals surface area contributed by atoms with Crippen LogP contribution in [-0.2, 0) is 9.59 Å². The number of carbonyl (C=O) groups is 3. The molecule has 0 aliphatic carbocycles. The Morgan fingerprint density at radius 1 is 1.48 bits per heavy atom. The molecule has 1 saturated heterocycles. The van der Waals surface area contributed by atoms with Crippen LogP contribution in [0.3, 0.4) is 0 Å². The minimum atomic E-state index is -1.10. The maximum absolute atomic E-state index is 12.4. The van der Waals surface area contributed by atoms with Gasteiger partial charge in [0.2, 0.25) is 0 Å². The topological polar surface area (TPSA) is 111 Å². The van der Waals surface area contributed by atoms with E-state index < -0.39 is 18.0 Å². The molecule has 8 nitrogen and oxygen atoms in total. The molecule has 11 heteroatoms. The van der Waals surface area contributed by atoms with Gasteiger partial charge in [-0.2, -0.15) is 0 Å². The van der Waals surface area contributed by atoms with Crippen molar-refractivity contribution in [1.82, 2.24) is 15.5 Å². The number of amides is 3. The zero-order chi connectivity index (χ0) is 18.0. The van der Waals surface area contributed by atoms with E-state index in [0.717, 1.165) is 22.2 Å². The van der Waals surface area contributed by atoms with Gasteiger partial charge in [-0.15, -0.1) is 11.8 Å². The second kappa shape index (κ2) is 7.92. The average molecular weight is 403 g/mol. The monoisotopic (exact) mass is 402 g/mol. The van der Waals surface area contributed by atoms with Crippen molar-refractivity contribution in [2.24, 2.45) is 4.99 Å². The molecule has 0 aromatic rings. The molecule has 0 spiro atoms. The number of thioether (sulfide) groups is 3. The molecule has 3 N–H and O–H groups in total. The van der Waals surface area contributed by atoms with Crippen molar-refractivity contribution in [2.45, 2.75) is 18.3 Å². The van der Waals surface area contributed by atoms with Crippen LogP contribution in [0.15, 0.2) is 16.3 Å². The summed E-state index contributed by atoms with van der Waals surface area (Å²) in [5, 5.41) is 14.4. The SMILES string of the molecule is CCNC(=O)NC1C(=O)N2C(C(=O)O)=C(CSC3=NCCS3)CS[C@H]12. The molecule has 0 bridgehead atoms. The predicted octanol–water partition coefficient (Wildman–Crippen LogP) is 0.764. The normalized spacial score (nSPS) is 25.2. The number of aliphatic carboxylic acids is 1. The molecule has 0 radical (unpaired) electrons. The maximum atomic E-state index is 12.4. The number of carbonyl (C=O) groups excluding carboxylic acids is 2. The first kappa shape index (κ1) is 18.5. The zero-order valence-corrected chi connectivity index (χ0v) is 15.9. The second-order valence-electron chi connectivity index (χ2n) is 5.43. The molecule has 25 heavy (non-hydrogen) atoms. The third-order valence-corrected chi connectivity index (χ3v) is 7.48. The van der Waals surface area contributed by atoms with Crippen LogP contribution >= 0.6 is 35.3 Å². The molecule has 0 saturated carbocycles. The first-order valence-corrected chi connectivity index (χ1v) is 10.8. The largest absolute Gasteiger partial charge is 0.477 e. The Morgan fingerprint density at radius 3 is 2.92 bits per heavy atom. The summed E-state index contributed by atoms with van der Waals surface area (Å²) in [5.74, 6) is 0.504. The van der Waals surface area contributed by atoms with Crippen LogP contribution in [0.4, 0.5) is 4.79 Å². The first-order chi connectivity index (χ1) is 12.0. The van der Waals surface area contributed by atoms with E-state index in [1.165, 1.54) is 28.4 Å². The Hall–Kier alpha value is -1.33. The lowest BCUT2D eigenvalue weighted by molar-refractivity contribution is -0.148. The van der Waals surface area contributed by atoms with E-state index in [1.54, 1.807) is 18.7 Å². The van der Waals surface area contributed by atoms with E-state index in [4.69, 9.17) is 0 Å². The minimum Gasteiger partial charge on any atom is -0.477 e. The van der Waals surface area contributed by atoms with Crippen molar-refractivity contribution in [3.05, 3.63) is 11.3 Å². The van der Waals surface area contributed by atoms with E-state index in [1.807, 2.05) is 0 Å². The molecule has 3 aliphatic heterocycles. The summed E-state index contributed by atoms with van der Waals surface area (Å²) in [7, 11) is 0. The number of hydrogen-bond donors (Lipinski definition) is 3. The van der Waals surface area contributed by atoms with E-state index in [0.29, 0.717) is 18.1 Å². The molecule has 1 fully saturated rings. The lowest BCUT2D eigenvalue weighted by atomic mass is 10.0. The molecule has 3 amide bonds. The number of β-lactam (4-membered cyclic amide) rings is 1. The van der Waals surface area contributed by atoms with E-state index in [-0.39, 0.29) is 17.0 Å². The summed E-state index contributed by atoms with van der Waals surface area (Å²) >= 11 is 4.67. The fourth-order valence-electron chi connectivity index (χ4n) is 2.70. The number of carboxylic acids is 1. The van der Waals surface area contributed by atoms with Crippen molar-refractivity contribution >= 4 is 57.6 Å². The number of carboxylic acid groups (broad SMARTS) is 1. The van der Waals surface area contributed by atoms with Gasteiger partial charge in [-0.05, 0) is 12.5 Å². The van der Waals surface area contributed by atoms with Crippen LogP contribution in [0.5, 0.6) is 0 Å². The maximum Gasteiger partial charge on any atom is 0.352 e. The number of aliphatic imine (C=N–C) groups is 1. The quantitative estimate of drug-likeness (QED) is 0.582. The molecular formula is C14H18N4O4S3. The van der Waals surface area contributed by atoms with Crippen LogP contribution in [0.25, 0.3) is 0 Å². The highest BCUT2D eigenvalue weighted by Gasteiger charge is 2.54. The molecular weight excluding hydrogens is 384 g/mol. The molecule has 3 rings (SSSR count). The molecule has 1 unspecified atom stereocenters. The number of urea groups is 1. The number of fused-ring (bicyclic) bond motifs is 1. The summed E-state index contributed by atoms with van der Waals surface area (Å²) in [6.07, 6.45) is 0. The highest BCUT2D eigenvalue weighted by Crippen LogP contribution is 2.41. The van der Waals surface area contributed by atoms with Crippen LogP contribution in [0.1, 0.15) is 6.92 Å². The van der Waals surface area contributed by atoms with Gasteiger partial charge in [0.15, 0.2) is 0 Å². The van der Waals surface area contributed by atoms with Gasteiger partial charge in [-0.1, -0.05) is 23.5 Å². The Kier molecular flexibility index (Phi) is 5.85. The summed E-state index contributed by atoms with van der Waals surface area (Å²) in [4.78, 5) is 41.4. The van der Waals surface area contributed by atoms with E-state index in [2.05, 4.69) is 15.6 Å². The fraction of sp³-hybridized carbons (Fsp3) is 0.571. The molecule has 136 valence electrons. The molecule has 0 aromatic heterocycles. The van der Waals surface area contributed by atoms with Gasteiger partial charge in [0.25, 0.3) is 5.91 Å². The van der Waals surface area contributed by atoms with Gasteiger partial charge in [0.1, 0.15) is 21.5 Å². The lowest BCUT2D eigenvalue weighted by Gasteiger charge is -2.49. The number of rotatable bonds is 5. The van der Waals surface area contributed by atoms with Crippen LogP contribution < -0.4 is 10.6 Å². The zero-order valence-electron chi connectivity index (χ0n) is 13.5. The number of nitrogens with zero attached hydrogens (tertiary/aromatic N) is 2. The third kappa shape index (κ3) is 3.77. The van der Waals surface area contributed by atoms with Gasteiger partial charge in [0, 0.05) is 23.8 Å². The van der Waals surface area contributed by atoms with Crippen molar-refractivity contribution in [3.8, 4) is 0 Å². The van der Waals surface area contributed by atoms with E-state index >= 15 is 0 Å². The predicted molar refractivity (Wildman–Crippen MR) is 101 cm³/mol. The summed E-state index contributed by atoms with van der Waals surface area (Å²) < 4.78 is 0.968. The van der Waals surface area contributed by atoms with Gasteiger partial charge in [0.05, 0.1) is 6.54 Å². The summed E-state index contributed by atoms with van der Waals surface area (Å²) in [6, 6.07) is -1.10. The lowest BCUT2D eigenvalue weighted by Crippen LogP contribution is -2.71. The van der Waals surface area contributed by atoms with Gasteiger partial charge in [-0.25, -0.2) is 9.59 Å². The summed E-state index contributed by atoms with van der Waals surface area (Å²) in [5.41, 5.74) is 0.776. The standard InChI is InChI=1S/C14H18N4O4S3/c1-2-15-13(22)17-8-10(19)18-9(12(20)21)7(5-24-11(8)18)6-25-14-16-3-4-23-14/h8,11H,2-6H2,1H3,(H,20,21)(H2,15,17,22)/t8?,11-/m1/s1. The van der Waals surface area contributed by atoms with Crippen molar-refractivity contribution in [3.63, 3.8) is 0 Å². The molecule has 3 heterocycles. The number of hydrogen-bond acceptors (Lipinski definition) is 7.